The van der Waals surface area contributed by atoms with Crippen LogP contribution in [0.4, 0.5) is 0 Å². The van der Waals surface area contributed by atoms with Crippen molar-refractivity contribution in [2.45, 2.75) is 32.7 Å². The Morgan fingerprint density at radius 1 is 1.33 bits per heavy atom. The molecule has 1 fully saturated rings. The van der Waals surface area contributed by atoms with E-state index in [1.165, 1.54) is 19.3 Å². The van der Waals surface area contributed by atoms with Gasteiger partial charge < -0.3 is 0 Å². The van der Waals surface area contributed by atoms with E-state index in [0.717, 1.165) is 40.3 Å². The summed E-state index contributed by atoms with van der Waals surface area (Å²) in [5.74, 6) is 0.813. The van der Waals surface area contributed by atoms with Crippen LogP contribution >= 0.6 is 0 Å². The molecule has 4 rings (SSSR count). The van der Waals surface area contributed by atoms with Crippen molar-refractivity contribution in [1.82, 2.24) is 19.7 Å². The summed E-state index contributed by atoms with van der Waals surface area (Å²) in [7, 11) is 0. The van der Waals surface area contributed by atoms with Gasteiger partial charge in [-0.3, -0.25) is 9.67 Å². The zero-order valence-electron chi connectivity index (χ0n) is 12.2. The molecule has 21 heavy (non-hydrogen) atoms. The monoisotopic (exact) mass is 278 g/mol. The molecule has 106 valence electrons. The van der Waals surface area contributed by atoms with Crippen molar-refractivity contribution >= 4 is 11.0 Å². The summed E-state index contributed by atoms with van der Waals surface area (Å²) in [5, 5.41) is 4.49. The van der Waals surface area contributed by atoms with Gasteiger partial charge in [-0.25, -0.2) is 4.98 Å². The van der Waals surface area contributed by atoms with Crippen molar-refractivity contribution in [3.05, 3.63) is 42.4 Å². The Balaban J connectivity index is 1.69. The van der Waals surface area contributed by atoms with Gasteiger partial charge in [0.2, 0.25) is 0 Å². The molecule has 0 aliphatic heterocycles. The number of hydrogen-bond donors (Lipinski definition) is 0. The minimum Gasteiger partial charge on any atom is -0.272 e. The van der Waals surface area contributed by atoms with Crippen molar-refractivity contribution in [2.75, 3.05) is 0 Å². The van der Waals surface area contributed by atoms with Crippen LogP contribution in [0.25, 0.3) is 22.3 Å². The number of rotatable bonds is 3. The second kappa shape index (κ2) is 4.95. The summed E-state index contributed by atoms with van der Waals surface area (Å²) in [6.07, 6.45) is 9.90. The molecule has 3 aromatic rings. The van der Waals surface area contributed by atoms with Gasteiger partial charge in [-0.1, -0.05) is 6.42 Å². The molecule has 0 saturated heterocycles. The van der Waals surface area contributed by atoms with Gasteiger partial charge in [-0.05, 0) is 49.4 Å². The van der Waals surface area contributed by atoms with Gasteiger partial charge in [0.1, 0.15) is 0 Å². The Labute approximate surface area is 123 Å². The minimum absolute atomic E-state index is 0.813. The van der Waals surface area contributed by atoms with E-state index in [9.17, 15) is 0 Å². The van der Waals surface area contributed by atoms with Crippen LogP contribution in [0.5, 0.6) is 0 Å². The first-order valence-corrected chi connectivity index (χ1v) is 7.55. The van der Waals surface area contributed by atoms with E-state index in [-0.39, 0.29) is 0 Å². The Kier molecular flexibility index (Phi) is 2.95. The van der Waals surface area contributed by atoms with Crippen molar-refractivity contribution in [1.29, 1.82) is 0 Å². The molecular formula is C17H18N4. The lowest BCUT2D eigenvalue weighted by Gasteiger charge is -2.24. The van der Waals surface area contributed by atoms with E-state index >= 15 is 0 Å². The van der Waals surface area contributed by atoms with Crippen molar-refractivity contribution in [3.8, 4) is 11.3 Å². The summed E-state index contributed by atoms with van der Waals surface area (Å²) >= 11 is 0. The molecule has 4 heteroatoms. The minimum atomic E-state index is 0.813. The fourth-order valence-electron chi connectivity index (χ4n) is 2.91. The van der Waals surface area contributed by atoms with Crippen molar-refractivity contribution in [3.63, 3.8) is 0 Å². The first kappa shape index (κ1) is 12.5. The average Bonchev–Trinajstić information content (AvgIpc) is 2.92. The lowest BCUT2D eigenvalue weighted by Crippen LogP contribution is -2.18. The van der Waals surface area contributed by atoms with Gasteiger partial charge in [0.25, 0.3) is 0 Å². The summed E-state index contributed by atoms with van der Waals surface area (Å²) in [4.78, 5) is 9.11. The smallest absolute Gasteiger partial charge is 0.0916 e. The Bertz CT molecular complexity index is 786. The van der Waals surface area contributed by atoms with Crippen LogP contribution in [0.15, 0.2) is 36.8 Å². The highest BCUT2D eigenvalue weighted by molar-refractivity contribution is 5.80. The summed E-state index contributed by atoms with van der Waals surface area (Å²) in [5.41, 5.74) is 5.14. The lowest BCUT2D eigenvalue weighted by atomic mass is 9.85. The Morgan fingerprint density at radius 2 is 2.24 bits per heavy atom. The zero-order chi connectivity index (χ0) is 14.2. The largest absolute Gasteiger partial charge is 0.272 e. The quantitative estimate of drug-likeness (QED) is 0.735. The highest BCUT2D eigenvalue weighted by Gasteiger charge is 2.18. The molecule has 0 spiro atoms. The second-order valence-corrected chi connectivity index (χ2v) is 5.94. The number of hydrogen-bond acceptors (Lipinski definition) is 3. The fourth-order valence-corrected chi connectivity index (χ4v) is 2.91. The number of aromatic nitrogens is 4. The first-order valence-electron chi connectivity index (χ1n) is 7.55. The molecule has 1 aliphatic rings. The molecule has 0 aromatic carbocycles. The van der Waals surface area contributed by atoms with Crippen LogP contribution in [-0.4, -0.2) is 19.7 Å². The third kappa shape index (κ3) is 2.31. The molecule has 0 bridgehead atoms. The zero-order valence-corrected chi connectivity index (χ0v) is 12.2. The SMILES string of the molecule is Cc1cc(-c2cnn(CC3CCC3)c2)nc2cccnc12. The highest BCUT2D eigenvalue weighted by atomic mass is 15.3. The van der Waals surface area contributed by atoms with E-state index in [2.05, 4.69) is 34.0 Å². The van der Waals surface area contributed by atoms with Gasteiger partial charge in [-0.2, -0.15) is 5.10 Å². The third-order valence-corrected chi connectivity index (χ3v) is 4.35. The second-order valence-electron chi connectivity index (χ2n) is 5.94. The fraction of sp³-hybridized carbons (Fsp3) is 0.353. The summed E-state index contributed by atoms with van der Waals surface area (Å²) < 4.78 is 2.06. The molecule has 3 heterocycles. The van der Waals surface area contributed by atoms with E-state index in [1.54, 1.807) is 0 Å². The molecule has 0 atom stereocenters. The molecule has 0 N–H and O–H groups in total. The summed E-state index contributed by atoms with van der Waals surface area (Å²) in [6.45, 7) is 3.12. The molecular weight excluding hydrogens is 260 g/mol. The van der Waals surface area contributed by atoms with Crippen LogP contribution in [-0.2, 0) is 6.54 Å². The normalized spacial score (nSPS) is 15.3. The van der Waals surface area contributed by atoms with Crippen LogP contribution in [0, 0.1) is 12.8 Å². The predicted octanol–water partition coefficient (Wildman–Crippen LogP) is 3.60. The molecule has 4 nitrogen and oxygen atoms in total. The van der Waals surface area contributed by atoms with Gasteiger partial charge in [0.15, 0.2) is 0 Å². The van der Waals surface area contributed by atoms with Gasteiger partial charge in [0.05, 0.1) is 22.9 Å². The number of aryl methyl sites for hydroxylation is 1. The maximum atomic E-state index is 4.72. The van der Waals surface area contributed by atoms with E-state index < -0.39 is 0 Å². The van der Waals surface area contributed by atoms with Gasteiger partial charge in [0, 0.05) is 24.5 Å². The molecule has 0 amide bonds. The average molecular weight is 278 g/mol. The van der Waals surface area contributed by atoms with Crippen LogP contribution in [0.2, 0.25) is 0 Å². The maximum Gasteiger partial charge on any atom is 0.0916 e. The van der Waals surface area contributed by atoms with Crippen LogP contribution in [0.1, 0.15) is 24.8 Å². The number of nitrogens with zero attached hydrogens (tertiary/aromatic N) is 4. The van der Waals surface area contributed by atoms with Gasteiger partial charge in [-0.15, -0.1) is 0 Å². The maximum absolute atomic E-state index is 4.72. The highest BCUT2D eigenvalue weighted by Crippen LogP contribution is 2.28. The number of fused-ring (bicyclic) bond motifs is 1. The molecule has 0 unspecified atom stereocenters. The number of pyridine rings is 2. The molecule has 1 saturated carbocycles. The summed E-state index contributed by atoms with van der Waals surface area (Å²) in [6, 6.07) is 6.04. The first-order chi connectivity index (χ1) is 10.3. The van der Waals surface area contributed by atoms with E-state index in [0.29, 0.717) is 0 Å². The molecule has 3 aromatic heterocycles. The van der Waals surface area contributed by atoms with Crippen LogP contribution in [0.3, 0.4) is 0 Å². The lowest BCUT2D eigenvalue weighted by molar-refractivity contribution is 0.266. The van der Waals surface area contributed by atoms with E-state index in [4.69, 9.17) is 4.98 Å². The predicted molar refractivity (Wildman–Crippen MR) is 82.8 cm³/mol. The Morgan fingerprint density at radius 3 is 3.05 bits per heavy atom. The Hall–Kier alpha value is -2.23. The topological polar surface area (TPSA) is 43.6 Å². The van der Waals surface area contributed by atoms with Crippen LogP contribution < -0.4 is 0 Å². The van der Waals surface area contributed by atoms with E-state index in [1.807, 2.05) is 24.5 Å². The molecule has 1 aliphatic carbocycles. The van der Waals surface area contributed by atoms with Crippen molar-refractivity contribution < 1.29 is 0 Å². The van der Waals surface area contributed by atoms with Crippen molar-refractivity contribution in [2.24, 2.45) is 5.92 Å². The molecule has 0 radical (unpaired) electrons. The van der Waals surface area contributed by atoms with Gasteiger partial charge >= 0.3 is 0 Å². The standard InChI is InChI=1S/C17H18N4/c1-12-8-16(20-15-6-3-7-18-17(12)15)14-9-19-21(11-14)10-13-4-2-5-13/h3,6-9,11,13H,2,4-5,10H2,1H3. The third-order valence-electron chi connectivity index (χ3n) is 4.35.